The Kier molecular flexibility index (Phi) is 8.88. The molecule has 0 aliphatic rings. The minimum Gasteiger partial charge on any atom is -0.369 e. The summed E-state index contributed by atoms with van der Waals surface area (Å²) in [6.45, 7) is 10.4. The van der Waals surface area contributed by atoms with Crippen molar-refractivity contribution in [2.75, 3.05) is 13.2 Å². The van der Waals surface area contributed by atoms with Gasteiger partial charge in [0.15, 0.2) is 0 Å². The van der Waals surface area contributed by atoms with Crippen LogP contribution in [0.15, 0.2) is 0 Å². The lowest BCUT2D eigenvalue weighted by Gasteiger charge is -2.33. The number of hydrogen-bond donors (Lipinski definition) is 2. The van der Waals surface area contributed by atoms with Crippen LogP contribution in [0.4, 0.5) is 0 Å². The van der Waals surface area contributed by atoms with E-state index in [-0.39, 0.29) is 36.6 Å². The van der Waals surface area contributed by atoms with E-state index in [1.807, 2.05) is 34.6 Å². The molecule has 1 amide bonds. The number of nitrogens with one attached hydrogen (secondary N) is 1. The fraction of sp³-hybridized carbons (Fsp3) is 0.909. The Morgan fingerprint density at radius 2 is 1.88 bits per heavy atom. The topological polar surface area (TPSA) is 64.3 Å². The second-order valence-electron chi connectivity index (χ2n) is 4.68. The highest BCUT2D eigenvalue weighted by molar-refractivity contribution is 5.85. The van der Waals surface area contributed by atoms with Crippen LogP contribution >= 0.6 is 12.4 Å². The maximum Gasteiger partial charge on any atom is 0.246 e. The molecule has 0 aliphatic heterocycles. The Labute approximate surface area is 105 Å². The van der Waals surface area contributed by atoms with Gasteiger partial charge in [-0.25, -0.2) is 0 Å². The Morgan fingerprint density at radius 3 is 2.19 bits per heavy atom. The third-order valence-corrected chi connectivity index (χ3v) is 2.67. The van der Waals surface area contributed by atoms with Gasteiger partial charge in [-0.05, 0) is 26.7 Å². The first kappa shape index (κ1) is 18.1. The first-order valence-electron chi connectivity index (χ1n) is 5.44. The number of amides is 1. The molecular formula is C11H25ClN2O2. The summed E-state index contributed by atoms with van der Waals surface area (Å²) in [6, 6.07) is 0. The summed E-state index contributed by atoms with van der Waals surface area (Å²) in [5.41, 5.74) is 5.31. The summed E-state index contributed by atoms with van der Waals surface area (Å²) < 4.78 is 5.22. The van der Waals surface area contributed by atoms with E-state index in [0.29, 0.717) is 12.5 Å². The van der Waals surface area contributed by atoms with Crippen LogP contribution in [0.2, 0.25) is 0 Å². The quantitative estimate of drug-likeness (QED) is 0.750. The number of nitrogens with two attached hydrogens (primary N) is 1. The number of carbonyl (C=O) groups is 1. The molecule has 0 heterocycles. The first-order valence-corrected chi connectivity index (χ1v) is 5.44. The van der Waals surface area contributed by atoms with Crippen LogP contribution in [-0.4, -0.2) is 30.7 Å². The molecule has 16 heavy (non-hydrogen) atoms. The van der Waals surface area contributed by atoms with Gasteiger partial charge in [-0.2, -0.15) is 0 Å². The van der Waals surface area contributed by atoms with Crippen molar-refractivity contribution >= 4 is 18.3 Å². The molecule has 0 radical (unpaired) electrons. The Hall–Kier alpha value is -0.320. The summed E-state index contributed by atoms with van der Waals surface area (Å²) in [7, 11) is 0. The Balaban J connectivity index is 0. The monoisotopic (exact) mass is 252 g/mol. The van der Waals surface area contributed by atoms with Crippen LogP contribution in [0.3, 0.4) is 0 Å². The van der Waals surface area contributed by atoms with Gasteiger partial charge in [0.1, 0.15) is 6.61 Å². The molecule has 0 aromatic heterocycles. The largest absolute Gasteiger partial charge is 0.369 e. The SMILES string of the molecule is CC(C)OCC(=O)NC(C)(CN)C(C)C.Cl. The molecule has 4 nitrogen and oxygen atoms in total. The van der Waals surface area contributed by atoms with Crippen LogP contribution in [0, 0.1) is 5.92 Å². The van der Waals surface area contributed by atoms with Crippen molar-refractivity contribution in [2.24, 2.45) is 11.7 Å². The molecule has 0 saturated heterocycles. The molecule has 0 fully saturated rings. The summed E-state index contributed by atoms with van der Waals surface area (Å²) in [6.07, 6.45) is 0.0685. The zero-order valence-electron chi connectivity index (χ0n) is 10.9. The van der Waals surface area contributed by atoms with Crippen molar-refractivity contribution < 1.29 is 9.53 Å². The molecule has 98 valence electrons. The van der Waals surface area contributed by atoms with Crippen LogP contribution in [0.25, 0.3) is 0 Å². The number of halogens is 1. The van der Waals surface area contributed by atoms with Crippen LogP contribution in [0.1, 0.15) is 34.6 Å². The predicted octanol–water partition coefficient (Wildman–Crippen LogP) is 1.32. The van der Waals surface area contributed by atoms with Gasteiger partial charge >= 0.3 is 0 Å². The zero-order valence-corrected chi connectivity index (χ0v) is 11.7. The Morgan fingerprint density at radius 1 is 1.38 bits per heavy atom. The van der Waals surface area contributed by atoms with Gasteiger partial charge in [-0.3, -0.25) is 4.79 Å². The summed E-state index contributed by atoms with van der Waals surface area (Å²) in [4.78, 5) is 11.5. The van der Waals surface area contributed by atoms with Crippen molar-refractivity contribution in [2.45, 2.75) is 46.3 Å². The molecule has 1 atom stereocenters. The molecule has 0 bridgehead atoms. The second-order valence-corrected chi connectivity index (χ2v) is 4.68. The van der Waals surface area contributed by atoms with E-state index in [9.17, 15) is 4.79 Å². The van der Waals surface area contributed by atoms with Gasteiger partial charge in [0.2, 0.25) is 5.91 Å². The second kappa shape index (κ2) is 7.87. The van der Waals surface area contributed by atoms with E-state index in [0.717, 1.165) is 0 Å². The number of carbonyl (C=O) groups excluding carboxylic acids is 1. The third-order valence-electron chi connectivity index (χ3n) is 2.67. The molecule has 5 heteroatoms. The van der Waals surface area contributed by atoms with E-state index in [2.05, 4.69) is 5.32 Å². The standard InChI is InChI=1S/C11H24N2O2.ClH/c1-8(2)11(5,7-12)13-10(14)6-15-9(3)4;/h8-9H,6-7,12H2,1-5H3,(H,13,14);1H. The van der Waals surface area contributed by atoms with Gasteiger partial charge in [0.05, 0.1) is 11.6 Å². The fourth-order valence-corrected chi connectivity index (χ4v) is 1.03. The molecule has 0 saturated carbocycles. The first-order chi connectivity index (χ1) is 6.81. The maximum atomic E-state index is 11.5. The van der Waals surface area contributed by atoms with E-state index >= 15 is 0 Å². The predicted molar refractivity (Wildman–Crippen MR) is 68.8 cm³/mol. The molecule has 0 spiro atoms. The van der Waals surface area contributed by atoms with Gasteiger partial charge < -0.3 is 15.8 Å². The number of rotatable bonds is 6. The van der Waals surface area contributed by atoms with Gasteiger partial charge in [-0.15, -0.1) is 12.4 Å². The molecule has 0 aliphatic carbocycles. The highest BCUT2D eigenvalue weighted by atomic mass is 35.5. The van der Waals surface area contributed by atoms with Crippen LogP contribution in [0.5, 0.6) is 0 Å². The fourth-order valence-electron chi connectivity index (χ4n) is 1.03. The van der Waals surface area contributed by atoms with E-state index in [4.69, 9.17) is 10.5 Å². The lowest BCUT2D eigenvalue weighted by molar-refractivity contribution is -0.129. The summed E-state index contributed by atoms with van der Waals surface area (Å²) in [5.74, 6) is 0.191. The number of hydrogen-bond acceptors (Lipinski definition) is 3. The lowest BCUT2D eigenvalue weighted by Crippen LogP contribution is -2.55. The van der Waals surface area contributed by atoms with E-state index in [1.165, 1.54) is 0 Å². The highest BCUT2D eigenvalue weighted by Crippen LogP contribution is 2.14. The zero-order chi connectivity index (χ0) is 12.1. The van der Waals surface area contributed by atoms with Gasteiger partial charge in [-0.1, -0.05) is 13.8 Å². The smallest absolute Gasteiger partial charge is 0.246 e. The third kappa shape index (κ3) is 6.30. The minimum absolute atomic E-state index is 0. The molecular weight excluding hydrogens is 228 g/mol. The molecule has 1 unspecified atom stereocenters. The van der Waals surface area contributed by atoms with E-state index in [1.54, 1.807) is 0 Å². The molecule has 0 aromatic carbocycles. The van der Waals surface area contributed by atoms with E-state index < -0.39 is 0 Å². The van der Waals surface area contributed by atoms with Crippen molar-refractivity contribution in [3.05, 3.63) is 0 Å². The van der Waals surface area contributed by atoms with Crippen molar-refractivity contribution in [1.82, 2.24) is 5.32 Å². The normalized spacial score (nSPS) is 14.5. The van der Waals surface area contributed by atoms with Gasteiger partial charge in [0.25, 0.3) is 0 Å². The average Bonchev–Trinajstić information content (AvgIpc) is 2.14. The molecule has 0 rings (SSSR count). The van der Waals surface area contributed by atoms with Crippen LogP contribution < -0.4 is 11.1 Å². The van der Waals surface area contributed by atoms with Crippen LogP contribution in [-0.2, 0) is 9.53 Å². The van der Waals surface area contributed by atoms with Crippen molar-refractivity contribution in [3.8, 4) is 0 Å². The minimum atomic E-state index is -0.350. The number of ether oxygens (including phenoxy) is 1. The molecule has 3 N–H and O–H groups in total. The summed E-state index contributed by atoms with van der Waals surface area (Å²) in [5, 5.41) is 2.91. The van der Waals surface area contributed by atoms with Crippen molar-refractivity contribution in [1.29, 1.82) is 0 Å². The molecule has 0 aromatic rings. The lowest BCUT2D eigenvalue weighted by atomic mass is 9.88. The maximum absolute atomic E-state index is 11.5. The highest BCUT2D eigenvalue weighted by Gasteiger charge is 2.28. The van der Waals surface area contributed by atoms with Crippen molar-refractivity contribution in [3.63, 3.8) is 0 Å². The average molecular weight is 253 g/mol. The Bertz CT molecular complexity index is 210. The van der Waals surface area contributed by atoms with Gasteiger partial charge in [0, 0.05) is 6.54 Å². The summed E-state index contributed by atoms with van der Waals surface area (Å²) >= 11 is 0.